The first-order valence-corrected chi connectivity index (χ1v) is 7.45. The highest BCUT2D eigenvalue weighted by molar-refractivity contribution is 7.10. The molecular formula is C13H22ClNOS. The highest BCUT2D eigenvalue weighted by atomic mass is 35.5. The van der Waals surface area contributed by atoms with Crippen molar-refractivity contribution in [2.75, 3.05) is 13.7 Å². The van der Waals surface area contributed by atoms with Crippen LogP contribution in [0.1, 0.15) is 44.5 Å². The van der Waals surface area contributed by atoms with Gasteiger partial charge in [-0.15, -0.1) is 11.3 Å². The molecule has 0 aliphatic rings. The highest BCUT2D eigenvalue weighted by Crippen LogP contribution is 2.40. The summed E-state index contributed by atoms with van der Waals surface area (Å²) in [6.07, 6.45) is 1.94. The van der Waals surface area contributed by atoms with Crippen molar-refractivity contribution in [3.05, 3.63) is 21.3 Å². The van der Waals surface area contributed by atoms with Crippen molar-refractivity contribution in [3.8, 4) is 0 Å². The molecule has 1 rings (SSSR count). The molecule has 98 valence electrons. The quantitative estimate of drug-likeness (QED) is 0.803. The second kappa shape index (κ2) is 6.74. The van der Waals surface area contributed by atoms with E-state index in [1.165, 1.54) is 4.88 Å². The van der Waals surface area contributed by atoms with Gasteiger partial charge in [0, 0.05) is 11.5 Å². The number of likely N-dealkylation sites (N-methyl/N-ethyl adjacent to an activating group) is 1. The summed E-state index contributed by atoms with van der Waals surface area (Å²) in [5, 5.41) is 6.24. The van der Waals surface area contributed by atoms with Gasteiger partial charge in [-0.2, -0.15) is 0 Å². The maximum atomic E-state index is 6.25. The first-order valence-electron chi connectivity index (χ1n) is 6.19. The molecule has 1 aromatic heterocycles. The summed E-state index contributed by atoms with van der Waals surface area (Å²) < 4.78 is 6.05. The SMILES string of the molecule is CCOC(CC)(CC)C(NC)c1sccc1Cl. The minimum absolute atomic E-state index is 0.157. The average Bonchev–Trinajstić information content (AvgIpc) is 2.75. The smallest absolute Gasteiger partial charge is 0.0879 e. The number of halogens is 1. The zero-order valence-corrected chi connectivity index (χ0v) is 12.6. The molecule has 4 heteroatoms. The van der Waals surface area contributed by atoms with Crippen LogP contribution in [0, 0.1) is 0 Å². The van der Waals surface area contributed by atoms with Crippen LogP contribution >= 0.6 is 22.9 Å². The van der Waals surface area contributed by atoms with Crippen molar-refractivity contribution in [1.82, 2.24) is 5.32 Å². The number of hydrogen-bond acceptors (Lipinski definition) is 3. The average molecular weight is 276 g/mol. The standard InChI is InChI=1S/C13H22ClNOS/c1-5-13(6-2,16-7-3)12(15-4)11-10(14)8-9-17-11/h8-9,12,15H,5-7H2,1-4H3. The number of nitrogens with one attached hydrogen (secondary N) is 1. The van der Waals surface area contributed by atoms with Crippen molar-refractivity contribution >= 4 is 22.9 Å². The van der Waals surface area contributed by atoms with Gasteiger partial charge >= 0.3 is 0 Å². The molecule has 0 aliphatic carbocycles. The van der Waals surface area contributed by atoms with Gasteiger partial charge in [-0.05, 0) is 38.3 Å². The second-order valence-electron chi connectivity index (χ2n) is 4.06. The first kappa shape index (κ1) is 15.0. The third-order valence-corrected chi connectivity index (χ3v) is 4.77. The summed E-state index contributed by atoms with van der Waals surface area (Å²) >= 11 is 7.94. The molecule has 1 unspecified atom stereocenters. The van der Waals surface area contributed by atoms with Gasteiger partial charge in [0.1, 0.15) is 0 Å². The van der Waals surface area contributed by atoms with Crippen molar-refractivity contribution in [3.63, 3.8) is 0 Å². The molecule has 0 amide bonds. The Balaban J connectivity index is 3.09. The Morgan fingerprint density at radius 3 is 2.41 bits per heavy atom. The third kappa shape index (κ3) is 3.02. The predicted molar refractivity (Wildman–Crippen MR) is 76.1 cm³/mol. The van der Waals surface area contributed by atoms with Gasteiger partial charge in [0.2, 0.25) is 0 Å². The molecule has 1 aromatic rings. The van der Waals surface area contributed by atoms with Crippen LogP contribution in [0.3, 0.4) is 0 Å². The lowest BCUT2D eigenvalue weighted by Crippen LogP contribution is -2.44. The van der Waals surface area contributed by atoms with Crippen molar-refractivity contribution in [2.24, 2.45) is 0 Å². The number of thiophene rings is 1. The number of rotatable bonds is 7. The molecule has 0 aliphatic heterocycles. The van der Waals surface area contributed by atoms with E-state index in [1.54, 1.807) is 11.3 Å². The Labute approximate surface area is 113 Å². The van der Waals surface area contributed by atoms with E-state index < -0.39 is 0 Å². The summed E-state index contributed by atoms with van der Waals surface area (Å²) in [6, 6.07) is 2.11. The molecule has 2 nitrogen and oxygen atoms in total. The molecule has 1 heterocycles. The lowest BCUT2D eigenvalue weighted by atomic mass is 9.87. The van der Waals surface area contributed by atoms with Crippen LogP contribution in [-0.2, 0) is 4.74 Å². The third-order valence-electron chi connectivity index (χ3n) is 3.35. The molecule has 0 spiro atoms. The Hall–Kier alpha value is -0.0900. The minimum Gasteiger partial charge on any atom is -0.373 e. The number of hydrogen-bond donors (Lipinski definition) is 1. The Morgan fingerprint density at radius 1 is 1.41 bits per heavy atom. The van der Waals surface area contributed by atoms with Crippen LogP contribution in [0.4, 0.5) is 0 Å². The maximum Gasteiger partial charge on any atom is 0.0879 e. The fourth-order valence-corrected chi connectivity index (χ4v) is 3.76. The lowest BCUT2D eigenvalue weighted by Gasteiger charge is -2.39. The van der Waals surface area contributed by atoms with E-state index in [2.05, 4.69) is 19.2 Å². The van der Waals surface area contributed by atoms with E-state index in [4.69, 9.17) is 16.3 Å². The molecule has 17 heavy (non-hydrogen) atoms. The van der Waals surface area contributed by atoms with Crippen LogP contribution in [0.15, 0.2) is 11.4 Å². The summed E-state index contributed by atoms with van der Waals surface area (Å²) in [6.45, 7) is 7.11. The Morgan fingerprint density at radius 2 is 2.06 bits per heavy atom. The van der Waals surface area contributed by atoms with Crippen molar-refractivity contribution in [2.45, 2.75) is 45.3 Å². The van der Waals surface area contributed by atoms with E-state index in [0.29, 0.717) is 0 Å². The van der Waals surface area contributed by atoms with Crippen LogP contribution in [0.2, 0.25) is 5.02 Å². The molecule has 0 saturated heterocycles. The van der Waals surface area contributed by atoms with Gasteiger partial charge in [0.05, 0.1) is 16.7 Å². The molecule has 0 radical (unpaired) electrons. The van der Waals surface area contributed by atoms with Gasteiger partial charge in [0.15, 0.2) is 0 Å². The van der Waals surface area contributed by atoms with Gasteiger partial charge in [-0.3, -0.25) is 0 Å². The minimum atomic E-state index is -0.169. The molecule has 0 bridgehead atoms. The first-order chi connectivity index (χ1) is 8.15. The lowest BCUT2D eigenvalue weighted by molar-refractivity contribution is -0.0709. The van der Waals surface area contributed by atoms with E-state index in [-0.39, 0.29) is 11.6 Å². The molecule has 0 aromatic carbocycles. The fraction of sp³-hybridized carbons (Fsp3) is 0.692. The summed E-state index contributed by atoms with van der Waals surface area (Å²) in [7, 11) is 1.97. The summed E-state index contributed by atoms with van der Waals surface area (Å²) in [5.41, 5.74) is -0.169. The Bertz CT molecular complexity index is 336. The Kier molecular flexibility index (Phi) is 5.93. The number of ether oxygens (including phenoxy) is 1. The van der Waals surface area contributed by atoms with Gasteiger partial charge in [-0.1, -0.05) is 25.4 Å². The van der Waals surface area contributed by atoms with E-state index in [9.17, 15) is 0 Å². The normalized spacial score (nSPS) is 13.9. The van der Waals surface area contributed by atoms with Crippen molar-refractivity contribution < 1.29 is 4.74 Å². The molecule has 0 saturated carbocycles. The molecule has 1 atom stereocenters. The van der Waals surface area contributed by atoms with E-state index in [0.717, 1.165) is 24.5 Å². The van der Waals surface area contributed by atoms with E-state index >= 15 is 0 Å². The topological polar surface area (TPSA) is 21.3 Å². The molecular weight excluding hydrogens is 254 g/mol. The zero-order chi connectivity index (χ0) is 12.9. The molecule has 0 fully saturated rings. The van der Waals surface area contributed by atoms with E-state index in [1.807, 2.05) is 25.4 Å². The highest BCUT2D eigenvalue weighted by Gasteiger charge is 2.38. The van der Waals surface area contributed by atoms with Crippen LogP contribution in [0.25, 0.3) is 0 Å². The van der Waals surface area contributed by atoms with Crippen LogP contribution in [0.5, 0.6) is 0 Å². The fourth-order valence-electron chi connectivity index (χ4n) is 2.38. The summed E-state index contributed by atoms with van der Waals surface area (Å²) in [5.74, 6) is 0. The molecule has 1 N–H and O–H groups in total. The predicted octanol–water partition coefficient (Wildman–Crippen LogP) is 4.26. The maximum absolute atomic E-state index is 6.25. The second-order valence-corrected chi connectivity index (χ2v) is 5.41. The van der Waals surface area contributed by atoms with Crippen LogP contribution in [-0.4, -0.2) is 19.3 Å². The summed E-state index contributed by atoms with van der Waals surface area (Å²) in [4.78, 5) is 1.17. The van der Waals surface area contributed by atoms with Gasteiger partial charge < -0.3 is 10.1 Å². The zero-order valence-electron chi connectivity index (χ0n) is 11.0. The monoisotopic (exact) mass is 275 g/mol. The van der Waals surface area contributed by atoms with Crippen LogP contribution < -0.4 is 5.32 Å². The van der Waals surface area contributed by atoms with Gasteiger partial charge in [-0.25, -0.2) is 0 Å². The largest absolute Gasteiger partial charge is 0.373 e. The van der Waals surface area contributed by atoms with Crippen molar-refractivity contribution in [1.29, 1.82) is 0 Å². The van der Waals surface area contributed by atoms with Gasteiger partial charge in [0.25, 0.3) is 0 Å².